The molecule has 4 heteroatoms. The molecule has 88 valence electrons. The lowest BCUT2D eigenvalue weighted by molar-refractivity contribution is -0.384. The molecule has 3 nitrogen and oxygen atoms in total. The molecular formula is C14H9NO2S. The number of nitro groups is 1. The molecule has 0 saturated carbocycles. The maximum absolute atomic E-state index is 10.7. The number of hydrogen-bond donors (Lipinski definition) is 0. The Morgan fingerprint density at radius 3 is 2.50 bits per heavy atom. The van der Waals surface area contributed by atoms with Gasteiger partial charge < -0.3 is 0 Å². The van der Waals surface area contributed by atoms with Crippen LogP contribution in [0.2, 0.25) is 0 Å². The van der Waals surface area contributed by atoms with E-state index < -0.39 is 0 Å². The first-order valence-corrected chi connectivity index (χ1v) is 6.29. The van der Waals surface area contributed by atoms with Crippen LogP contribution in [0.4, 0.5) is 5.69 Å². The van der Waals surface area contributed by atoms with Gasteiger partial charge in [-0.1, -0.05) is 30.3 Å². The van der Waals surface area contributed by atoms with Gasteiger partial charge in [-0.05, 0) is 23.1 Å². The van der Waals surface area contributed by atoms with E-state index in [1.807, 2.05) is 30.3 Å². The van der Waals surface area contributed by atoms with E-state index in [4.69, 9.17) is 0 Å². The van der Waals surface area contributed by atoms with Crippen molar-refractivity contribution in [2.24, 2.45) is 0 Å². The molecule has 0 aliphatic carbocycles. The van der Waals surface area contributed by atoms with Gasteiger partial charge in [0, 0.05) is 21.7 Å². The summed E-state index contributed by atoms with van der Waals surface area (Å²) >= 11 is 1.58. The van der Waals surface area contributed by atoms with Crippen molar-refractivity contribution in [2.75, 3.05) is 0 Å². The van der Waals surface area contributed by atoms with Crippen molar-refractivity contribution >= 4 is 27.1 Å². The van der Waals surface area contributed by atoms with Crippen LogP contribution < -0.4 is 0 Å². The highest BCUT2D eigenvalue weighted by Crippen LogP contribution is 2.35. The Balaban J connectivity index is 2.14. The summed E-state index contributed by atoms with van der Waals surface area (Å²) < 4.78 is 0.947. The van der Waals surface area contributed by atoms with Crippen molar-refractivity contribution in [3.05, 3.63) is 64.7 Å². The molecular weight excluding hydrogens is 246 g/mol. The average molecular weight is 255 g/mol. The number of non-ortho nitro benzene ring substituents is 1. The fraction of sp³-hybridized carbons (Fsp3) is 0. The predicted octanol–water partition coefficient (Wildman–Crippen LogP) is 4.48. The number of rotatable bonds is 2. The van der Waals surface area contributed by atoms with Crippen LogP contribution in [0.3, 0.4) is 0 Å². The molecule has 18 heavy (non-hydrogen) atoms. The molecule has 0 aliphatic heterocycles. The minimum absolute atomic E-state index is 0.143. The Morgan fingerprint density at radius 2 is 1.78 bits per heavy atom. The van der Waals surface area contributed by atoms with Gasteiger partial charge in [-0.3, -0.25) is 10.1 Å². The van der Waals surface area contributed by atoms with Crippen LogP contribution in [0.5, 0.6) is 0 Å². The number of thiophene rings is 1. The minimum atomic E-state index is -0.360. The molecule has 0 fully saturated rings. The second-order valence-electron chi connectivity index (χ2n) is 3.96. The molecule has 3 rings (SSSR count). The Hall–Kier alpha value is -2.20. The topological polar surface area (TPSA) is 43.1 Å². The molecule has 0 spiro atoms. The standard InChI is InChI=1S/C14H9NO2S/c16-15(17)12-7-6-11-8-13(18-14(11)9-12)10-4-2-1-3-5-10/h1-9H. The highest BCUT2D eigenvalue weighted by atomic mass is 32.1. The maximum Gasteiger partial charge on any atom is 0.270 e. The zero-order chi connectivity index (χ0) is 12.5. The molecule has 0 radical (unpaired) electrons. The monoisotopic (exact) mass is 255 g/mol. The first-order chi connectivity index (χ1) is 8.74. The molecule has 0 atom stereocenters. The zero-order valence-electron chi connectivity index (χ0n) is 9.37. The summed E-state index contributed by atoms with van der Waals surface area (Å²) in [6.07, 6.45) is 0. The normalized spacial score (nSPS) is 10.7. The van der Waals surface area contributed by atoms with E-state index >= 15 is 0 Å². The van der Waals surface area contributed by atoms with Crippen LogP contribution in [0.25, 0.3) is 20.5 Å². The fourth-order valence-corrected chi connectivity index (χ4v) is 2.98. The second-order valence-corrected chi connectivity index (χ2v) is 5.04. The summed E-state index contributed by atoms with van der Waals surface area (Å²) in [5.74, 6) is 0. The Bertz CT molecular complexity index is 719. The van der Waals surface area contributed by atoms with Crippen LogP contribution in [0.1, 0.15) is 0 Å². The molecule has 3 aromatic rings. The largest absolute Gasteiger partial charge is 0.270 e. The van der Waals surface area contributed by atoms with Gasteiger partial charge in [0.15, 0.2) is 0 Å². The third-order valence-electron chi connectivity index (χ3n) is 2.77. The van der Waals surface area contributed by atoms with Crippen LogP contribution in [0.15, 0.2) is 54.6 Å². The van der Waals surface area contributed by atoms with Crippen molar-refractivity contribution in [3.63, 3.8) is 0 Å². The smallest absolute Gasteiger partial charge is 0.258 e. The van der Waals surface area contributed by atoms with E-state index in [1.165, 1.54) is 0 Å². The van der Waals surface area contributed by atoms with Crippen LogP contribution in [0, 0.1) is 10.1 Å². The van der Waals surface area contributed by atoms with E-state index in [2.05, 4.69) is 6.07 Å². The quantitative estimate of drug-likeness (QED) is 0.500. The highest BCUT2D eigenvalue weighted by Gasteiger charge is 2.09. The maximum atomic E-state index is 10.7. The summed E-state index contributed by atoms with van der Waals surface area (Å²) in [7, 11) is 0. The summed E-state index contributed by atoms with van der Waals surface area (Å²) in [5.41, 5.74) is 1.28. The van der Waals surface area contributed by atoms with E-state index in [0.29, 0.717) is 0 Å². The highest BCUT2D eigenvalue weighted by molar-refractivity contribution is 7.22. The van der Waals surface area contributed by atoms with E-state index in [0.717, 1.165) is 20.5 Å². The van der Waals surface area contributed by atoms with E-state index in [9.17, 15) is 10.1 Å². The van der Waals surface area contributed by atoms with Gasteiger partial charge in [-0.15, -0.1) is 11.3 Å². The van der Waals surface area contributed by atoms with Gasteiger partial charge in [0.25, 0.3) is 5.69 Å². The van der Waals surface area contributed by atoms with Gasteiger partial charge in [-0.2, -0.15) is 0 Å². The molecule has 1 heterocycles. The lowest BCUT2D eigenvalue weighted by Gasteiger charge is -1.93. The van der Waals surface area contributed by atoms with Crippen LogP contribution >= 0.6 is 11.3 Å². The number of fused-ring (bicyclic) bond motifs is 1. The van der Waals surface area contributed by atoms with Crippen molar-refractivity contribution in [3.8, 4) is 10.4 Å². The number of nitrogens with zero attached hydrogens (tertiary/aromatic N) is 1. The number of benzene rings is 2. The Morgan fingerprint density at radius 1 is 1.00 bits per heavy atom. The summed E-state index contributed by atoms with van der Waals surface area (Å²) in [4.78, 5) is 11.5. The SMILES string of the molecule is O=[N+]([O-])c1ccc2cc(-c3ccccc3)sc2c1. The van der Waals surface area contributed by atoms with Gasteiger partial charge in [0.1, 0.15) is 0 Å². The van der Waals surface area contributed by atoms with Gasteiger partial charge >= 0.3 is 0 Å². The Kier molecular flexibility index (Phi) is 2.57. The minimum Gasteiger partial charge on any atom is -0.258 e. The average Bonchev–Trinajstić information content (AvgIpc) is 2.82. The lowest BCUT2D eigenvalue weighted by atomic mass is 10.1. The fourth-order valence-electron chi connectivity index (χ4n) is 1.88. The Labute approximate surface area is 107 Å². The van der Waals surface area contributed by atoms with Crippen molar-refractivity contribution in [1.29, 1.82) is 0 Å². The molecule has 0 aliphatic rings. The van der Waals surface area contributed by atoms with Crippen molar-refractivity contribution in [1.82, 2.24) is 0 Å². The summed E-state index contributed by atoms with van der Waals surface area (Å²) in [5, 5.41) is 11.8. The summed E-state index contributed by atoms with van der Waals surface area (Å²) in [6, 6.07) is 17.1. The van der Waals surface area contributed by atoms with Crippen LogP contribution in [-0.2, 0) is 0 Å². The molecule has 0 N–H and O–H groups in total. The van der Waals surface area contributed by atoms with Crippen LogP contribution in [-0.4, -0.2) is 4.92 Å². The van der Waals surface area contributed by atoms with Gasteiger partial charge in [0.2, 0.25) is 0 Å². The molecule has 2 aromatic carbocycles. The summed E-state index contributed by atoms with van der Waals surface area (Å²) in [6.45, 7) is 0. The lowest BCUT2D eigenvalue weighted by Crippen LogP contribution is -1.85. The first kappa shape index (κ1) is 10.9. The molecule has 0 amide bonds. The third kappa shape index (κ3) is 1.87. The van der Waals surface area contributed by atoms with Gasteiger partial charge in [0.05, 0.1) is 4.92 Å². The van der Waals surface area contributed by atoms with E-state index in [1.54, 1.807) is 29.5 Å². The zero-order valence-corrected chi connectivity index (χ0v) is 10.2. The van der Waals surface area contributed by atoms with Crippen molar-refractivity contribution < 1.29 is 4.92 Å². The number of hydrogen-bond acceptors (Lipinski definition) is 3. The first-order valence-electron chi connectivity index (χ1n) is 5.47. The van der Waals surface area contributed by atoms with Crippen molar-refractivity contribution in [2.45, 2.75) is 0 Å². The molecule has 1 aromatic heterocycles. The molecule has 0 saturated heterocycles. The third-order valence-corrected chi connectivity index (χ3v) is 3.92. The molecule has 0 bridgehead atoms. The number of nitro benzene ring substituents is 1. The second kappa shape index (κ2) is 4.23. The van der Waals surface area contributed by atoms with E-state index in [-0.39, 0.29) is 10.6 Å². The van der Waals surface area contributed by atoms with Gasteiger partial charge in [-0.25, -0.2) is 0 Å². The molecule has 0 unspecified atom stereocenters. The predicted molar refractivity (Wildman–Crippen MR) is 73.9 cm³/mol.